The van der Waals surface area contributed by atoms with E-state index in [0.717, 1.165) is 6.42 Å². The standard InChI is InChI=1S/C10H16N2O4/c1-6-5-7(6)11-10(16)12-8(13)3-2-4-9(14)15/h6-7H,2-5H2,1H3,(H,14,15)(H2,11,12,13,16). The summed E-state index contributed by atoms with van der Waals surface area (Å²) in [6, 6.07) is -0.318. The number of carbonyl (C=O) groups is 3. The van der Waals surface area contributed by atoms with Crippen molar-refractivity contribution in [3.63, 3.8) is 0 Å². The van der Waals surface area contributed by atoms with Crippen LogP contribution in [0.2, 0.25) is 0 Å². The molecule has 0 bridgehead atoms. The van der Waals surface area contributed by atoms with E-state index in [1.807, 2.05) is 6.92 Å². The third-order valence-corrected chi connectivity index (χ3v) is 2.47. The summed E-state index contributed by atoms with van der Waals surface area (Å²) < 4.78 is 0. The van der Waals surface area contributed by atoms with Crippen molar-refractivity contribution in [2.75, 3.05) is 0 Å². The molecule has 6 nitrogen and oxygen atoms in total. The normalized spacial score (nSPS) is 22.3. The fourth-order valence-electron chi connectivity index (χ4n) is 1.32. The highest BCUT2D eigenvalue weighted by Gasteiger charge is 2.33. The van der Waals surface area contributed by atoms with Crippen molar-refractivity contribution in [2.24, 2.45) is 5.92 Å². The predicted octanol–water partition coefficient (Wildman–Crippen LogP) is 0.475. The molecule has 1 fully saturated rings. The molecule has 0 aromatic heterocycles. The lowest BCUT2D eigenvalue weighted by molar-refractivity contribution is -0.137. The number of carboxylic acid groups (broad SMARTS) is 1. The van der Waals surface area contributed by atoms with E-state index in [1.165, 1.54) is 0 Å². The number of aliphatic carboxylic acids is 1. The molecule has 16 heavy (non-hydrogen) atoms. The number of imide groups is 1. The second kappa shape index (κ2) is 5.48. The number of hydrogen-bond acceptors (Lipinski definition) is 3. The highest BCUT2D eigenvalue weighted by molar-refractivity contribution is 5.94. The van der Waals surface area contributed by atoms with Crippen LogP contribution in [0.15, 0.2) is 0 Å². The Morgan fingerprint density at radius 3 is 2.44 bits per heavy atom. The highest BCUT2D eigenvalue weighted by atomic mass is 16.4. The SMILES string of the molecule is CC1CC1NC(=O)NC(=O)CCCC(=O)O. The van der Waals surface area contributed by atoms with Gasteiger partial charge in [-0.05, 0) is 18.8 Å². The maximum atomic E-state index is 11.2. The molecule has 0 aliphatic heterocycles. The fraction of sp³-hybridized carbons (Fsp3) is 0.700. The van der Waals surface area contributed by atoms with Crippen molar-refractivity contribution in [1.82, 2.24) is 10.6 Å². The molecular weight excluding hydrogens is 212 g/mol. The average molecular weight is 228 g/mol. The van der Waals surface area contributed by atoms with E-state index in [2.05, 4.69) is 10.6 Å². The van der Waals surface area contributed by atoms with Crippen LogP contribution < -0.4 is 10.6 Å². The van der Waals surface area contributed by atoms with E-state index in [9.17, 15) is 14.4 Å². The second-order valence-corrected chi connectivity index (χ2v) is 4.09. The summed E-state index contributed by atoms with van der Waals surface area (Å²) >= 11 is 0. The summed E-state index contributed by atoms with van der Waals surface area (Å²) in [5, 5.41) is 13.2. The van der Waals surface area contributed by atoms with Gasteiger partial charge in [-0.3, -0.25) is 14.9 Å². The minimum Gasteiger partial charge on any atom is -0.481 e. The number of urea groups is 1. The Morgan fingerprint density at radius 2 is 1.94 bits per heavy atom. The van der Waals surface area contributed by atoms with Gasteiger partial charge in [-0.1, -0.05) is 6.92 Å². The summed E-state index contributed by atoms with van der Waals surface area (Å²) in [6.07, 6.45) is 1.18. The largest absolute Gasteiger partial charge is 0.481 e. The zero-order chi connectivity index (χ0) is 12.1. The van der Waals surface area contributed by atoms with Gasteiger partial charge in [0, 0.05) is 18.9 Å². The monoisotopic (exact) mass is 228 g/mol. The van der Waals surface area contributed by atoms with E-state index in [0.29, 0.717) is 5.92 Å². The van der Waals surface area contributed by atoms with Gasteiger partial charge in [0.1, 0.15) is 0 Å². The molecule has 0 radical (unpaired) electrons. The Kier molecular flexibility index (Phi) is 4.28. The first-order chi connectivity index (χ1) is 7.49. The second-order valence-electron chi connectivity index (χ2n) is 4.09. The quantitative estimate of drug-likeness (QED) is 0.637. The molecule has 1 aliphatic rings. The third-order valence-electron chi connectivity index (χ3n) is 2.47. The topological polar surface area (TPSA) is 95.5 Å². The van der Waals surface area contributed by atoms with Gasteiger partial charge < -0.3 is 10.4 Å². The first-order valence-corrected chi connectivity index (χ1v) is 5.31. The first kappa shape index (κ1) is 12.5. The Hall–Kier alpha value is -1.59. The van der Waals surface area contributed by atoms with Gasteiger partial charge in [-0.15, -0.1) is 0 Å². The molecule has 1 aliphatic carbocycles. The Balaban J connectivity index is 2.08. The number of carboxylic acids is 1. The molecule has 0 aromatic carbocycles. The van der Waals surface area contributed by atoms with Crippen LogP contribution in [-0.4, -0.2) is 29.1 Å². The van der Waals surface area contributed by atoms with Gasteiger partial charge in [0.2, 0.25) is 5.91 Å². The minimum absolute atomic E-state index is 0.0555. The van der Waals surface area contributed by atoms with Crippen molar-refractivity contribution < 1.29 is 19.5 Å². The number of hydrogen-bond donors (Lipinski definition) is 3. The summed E-state index contributed by atoms with van der Waals surface area (Å²) in [6.45, 7) is 2.01. The third kappa shape index (κ3) is 4.77. The maximum Gasteiger partial charge on any atom is 0.321 e. The summed E-state index contributed by atoms with van der Waals surface area (Å²) in [7, 11) is 0. The van der Waals surface area contributed by atoms with Gasteiger partial charge in [-0.2, -0.15) is 0 Å². The van der Waals surface area contributed by atoms with Gasteiger partial charge >= 0.3 is 12.0 Å². The zero-order valence-electron chi connectivity index (χ0n) is 9.16. The van der Waals surface area contributed by atoms with Gasteiger partial charge in [0.05, 0.1) is 0 Å². The van der Waals surface area contributed by atoms with Crippen molar-refractivity contribution in [2.45, 2.75) is 38.6 Å². The molecule has 1 rings (SSSR count). The molecule has 2 unspecified atom stereocenters. The van der Waals surface area contributed by atoms with Crippen LogP contribution in [-0.2, 0) is 9.59 Å². The van der Waals surface area contributed by atoms with Crippen LogP contribution in [0.4, 0.5) is 4.79 Å². The lowest BCUT2D eigenvalue weighted by Gasteiger charge is -2.05. The van der Waals surface area contributed by atoms with Crippen LogP contribution >= 0.6 is 0 Å². The molecule has 0 aromatic rings. The molecule has 2 atom stereocenters. The van der Waals surface area contributed by atoms with Crippen LogP contribution in [0.5, 0.6) is 0 Å². The van der Waals surface area contributed by atoms with E-state index in [4.69, 9.17) is 5.11 Å². The average Bonchev–Trinajstić information content (AvgIpc) is 2.80. The Morgan fingerprint density at radius 1 is 1.31 bits per heavy atom. The molecule has 0 saturated heterocycles. The minimum atomic E-state index is -0.941. The van der Waals surface area contributed by atoms with Gasteiger partial charge in [0.15, 0.2) is 0 Å². The molecule has 0 spiro atoms. The van der Waals surface area contributed by atoms with E-state index < -0.39 is 17.9 Å². The van der Waals surface area contributed by atoms with Crippen LogP contribution in [0.3, 0.4) is 0 Å². The number of amides is 3. The molecular formula is C10H16N2O4. The Labute approximate surface area is 93.4 Å². The van der Waals surface area contributed by atoms with Crippen molar-refractivity contribution >= 4 is 17.9 Å². The van der Waals surface area contributed by atoms with Crippen LogP contribution in [0.25, 0.3) is 0 Å². The lowest BCUT2D eigenvalue weighted by atomic mass is 10.2. The van der Waals surface area contributed by atoms with Gasteiger partial charge in [0.25, 0.3) is 0 Å². The number of nitrogens with one attached hydrogen (secondary N) is 2. The molecule has 6 heteroatoms. The molecule has 3 amide bonds. The lowest BCUT2D eigenvalue weighted by Crippen LogP contribution is -2.40. The summed E-state index contributed by atoms with van der Waals surface area (Å²) in [5.41, 5.74) is 0. The summed E-state index contributed by atoms with van der Waals surface area (Å²) in [5.74, 6) is -0.899. The Bertz CT molecular complexity index is 303. The predicted molar refractivity (Wildman–Crippen MR) is 55.7 cm³/mol. The van der Waals surface area contributed by atoms with E-state index in [1.54, 1.807) is 0 Å². The fourth-order valence-corrected chi connectivity index (χ4v) is 1.32. The highest BCUT2D eigenvalue weighted by Crippen LogP contribution is 2.28. The van der Waals surface area contributed by atoms with Crippen molar-refractivity contribution in [3.8, 4) is 0 Å². The van der Waals surface area contributed by atoms with E-state index in [-0.39, 0.29) is 25.3 Å². The van der Waals surface area contributed by atoms with Crippen LogP contribution in [0, 0.1) is 5.92 Å². The zero-order valence-corrected chi connectivity index (χ0v) is 9.16. The molecule has 0 heterocycles. The number of carbonyl (C=O) groups excluding carboxylic acids is 2. The van der Waals surface area contributed by atoms with E-state index >= 15 is 0 Å². The maximum absolute atomic E-state index is 11.2. The molecule has 90 valence electrons. The molecule has 3 N–H and O–H groups in total. The van der Waals surface area contributed by atoms with Crippen molar-refractivity contribution in [3.05, 3.63) is 0 Å². The smallest absolute Gasteiger partial charge is 0.321 e. The number of rotatable bonds is 5. The van der Waals surface area contributed by atoms with Gasteiger partial charge in [-0.25, -0.2) is 4.79 Å². The van der Waals surface area contributed by atoms with Crippen LogP contribution in [0.1, 0.15) is 32.6 Å². The van der Waals surface area contributed by atoms with Crippen molar-refractivity contribution in [1.29, 1.82) is 0 Å². The molecule has 1 saturated carbocycles. The summed E-state index contributed by atoms with van der Waals surface area (Å²) in [4.78, 5) is 32.5. The first-order valence-electron chi connectivity index (χ1n) is 5.31.